The van der Waals surface area contributed by atoms with E-state index >= 15 is 4.39 Å². The van der Waals surface area contributed by atoms with E-state index in [1.54, 1.807) is 19.4 Å². The van der Waals surface area contributed by atoms with Gasteiger partial charge in [-0.15, -0.1) is 0 Å². The van der Waals surface area contributed by atoms with E-state index < -0.39 is 12.1 Å². The standard InChI is InChI=1S/C26H37FN2O3S/c1-3-14-33-15-4-12-29-13-10-19(20(18-29)16-26(30)31)5-7-24(27)22-9-11-28-25-8-6-21(32-2)17-23(22)25/h6,8-9,11,17,19-20,24H,3-5,7,10,12-16,18H2,1-2H3,(H,30,31)/t19-,20+,24-/m1/s1. The summed E-state index contributed by atoms with van der Waals surface area (Å²) in [5.41, 5.74) is 1.39. The van der Waals surface area contributed by atoms with Gasteiger partial charge in [0.15, 0.2) is 0 Å². The number of aliphatic carboxylic acids is 1. The van der Waals surface area contributed by atoms with E-state index in [0.717, 1.165) is 49.1 Å². The number of hydrogen-bond acceptors (Lipinski definition) is 5. The molecule has 7 heteroatoms. The Labute approximate surface area is 201 Å². The number of carboxylic acids is 1. The van der Waals surface area contributed by atoms with Crippen molar-refractivity contribution in [1.29, 1.82) is 0 Å². The Kier molecular flexibility index (Phi) is 10.3. The van der Waals surface area contributed by atoms with Gasteiger partial charge >= 0.3 is 5.97 Å². The maximum atomic E-state index is 15.4. The number of benzene rings is 1. The molecule has 1 aliphatic rings. The number of nitrogens with zero attached hydrogens (tertiary/aromatic N) is 2. The molecule has 0 saturated carbocycles. The first-order chi connectivity index (χ1) is 16.0. The summed E-state index contributed by atoms with van der Waals surface area (Å²) in [4.78, 5) is 18.3. The number of ether oxygens (including phenoxy) is 1. The smallest absolute Gasteiger partial charge is 0.303 e. The number of likely N-dealkylation sites (tertiary alicyclic amines) is 1. The molecule has 182 valence electrons. The number of halogens is 1. The van der Waals surface area contributed by atoms with Crippen molar-refractivity contribution in [2.75, 3.05) is 38.2 Å². The molecule has 0 aliphatic carbocycles. The zero-order valence-electron chi connectivity index (χ0n) is 19.8. The SMILES string of the molecule is CCCSCCCN1CC[C@@H](CC[C@@H](F)c2ccnc3ccc(OC)cc23)[C@@H](CC(=O)O)C1. The van der Waals surface area contributed by atoms with Crippen molar-refractivity contribution in [2.24, 2.45) is 11.8 Å². The van der Waals surface area contributed by atoms with E-state index in [2.05, 4.69) is 16.8 Å². The number of thioether (sulfide) groups is 1. The van der Waals surface area contributed by atoms with Gasteiger partial charge in [-0.3, -0.25) is 9.78 Å². The number of piperidine rings is 1. The molecule has 3 atom stereocenters. The fourth-order valence-corrected chi connectivity index (χ4v) is 5.72. The molecule has 0 amide bonds. The predicted octanol–water partition coefficient (Wildman–Crippen LogP) is 5.98. The van der Waals surface area contributed by atoms with E-state index in [-0.39, 0.29) is 18.3 Å². The Hall–Kier alpha value is -1.86. The van der Waals surface area contributed by atoms with Crippen LogP contribution in [0.4, 0.5) is 4.39 Å². The molecule has 1 saturated heterocycles. The minimum Gasteiger partial charge on any atom is -0.497 e. The lowest BCUT2D eigenvalue weighted by Gasteiger charge is -2.38. The topological polar surface area (TPSA) is 62.7 Å². The molecule has 2 aromatic rings. The van der Waals surface area contributed by atoms with Crippen molar-refractivity contribution >= 4 is 28.6 Å². The number of hydrogen-bond donors (Lipinski definition) is 1. The second kappa shape index (κ2) is 13.1. The molecule has 1 aromatic heterocycles. The average molecular weight is 477 g/mol. The fraction of sp³-hybridized carbons (Fsp3) is 0.615. The summed E-state index contributed by atoms with van der Waals surface area (Å²) in [6.07, 6.45) is 5.09. The second-order valence-corrected chi connectivity index (χ2v) is 10.2. The lowest BCUT2D eigenvalue weighted by atomic mass is 9.79. The van der Waals surface area contributed by atoms with Gasteiger partial charge < -0.3 is 14.7 Å². The van der Waals surface area contributed by atoms with Gasteiger partial charge in [-0.25, -0.2) is 4.39 Å². The van der Waals surface area contributed by atoms with Crippen LogP contribution in [0.5, 0.6) is 5.75 Å². The zero-order chi connectivity index (χ0) is 23.6. The molecule has 5 nitrogen and oxygen atoms in total. The Balaban J connectivity index is 1.59. The van der Waals surface area contributed by atoms with E-state index in [1.807, 2.05) is 30.0 Å². The summed E-state index contributed by atoms with van der Waals surface area (Å²) < 4.78 is 20.7. The molecule has 0 unspecified atom stereocenters. The van der Waals surface area contributed by atoms with Gasteiger partial charge in [0.25, 0.3) is 0 Å². The third-order valence-corrected chi connectivity index (χ3v) is 7.91. The van der Waals surface area contributed by atoms with Crippen LogP contribution in [0.25, 0.3) is 10.9 Å². The maximum Gasteiger partial charge on any atom is 0.303 e. The first-order valence-electron chi connectivity index (χ1n) is 12.1. The molecule has 0 spiro atoms. The number of pyridine rings is 1. The first kappa shape index (κ1) is 25.8. The van der Waals surface area contributed by atoms with Crippen LogP contribution in [-0.2, 0) is 4.79 Å². The molecule has 1 aromatic carbocycles. The number of rotatable bonds is 13. The third-order valence-electron chi connectivity index (χ3n) is 6.63. The highest BCUT2D eigenvalue weighted by molar-refractivity contribution is 7.99. The number of carbonyl (C=O) groups is 1. The highest BCUT2D eigenvalue weighted by Gasteiger charge is 2.31. The van der Waals surface area contributed by atoms with Crippen LogP contribution in [0.3, 0.4) is 0 Å². The molecule has 1 aliphatic heterocycles. The Bertz CT molecular complexity index is 897. The summed E-state index contributed by atoms with van der Waals surface area (Å²) in [5.74, 6) is 2.62. The highest BCUT2D eigenvalue weighted by atomic mass is 32.2. The monoisotopic (exact) mass is 476 g/mol. The molecule has 1 N–H and O–H groups in total. The van der Waals surface area contributed by atoms with E-state index in [0.29, 0.717) is 24.2 Å². The average Bonchev–Trinajstić information content (AvgIpc) is 2.82. The van der Waals surface area contributed by atoms with E-state index in [1.165, 1.54) is 12.2 Å². The van der Waals surface area contributed by atoms with Crippen LogP contribution in [0.2, 0.25) is 0 Å². The van der Waals surface area contributed by atoms with Crippen LogP contribution in [0.1, 0.15) is 57.2 Å². The zero-order valence-corrected chi connectivity index (χ0v) is 20.7. The quantitative estimate of drug-likeness (QED) is 0.359. The third kappa shape index (κ3) is 7.57. The van der Waals surface area contributed by atoms with Gasteiger partial charge in [0.1, 0.15) is 11.9 Å². The summed E-state index contributed by atoms with van der Waals surface area (Å²) in [7, 11) is 1.60. The minimum absolute atomic E-state index is 0.0843. The Morgan fingerprint density at radius 1 is 1.33 bits per heavy atom. The van der Waals surface area contributed by atoms with Crippen LogP contribution in [-0.4, -0.2) is 59.2 Å². The van der Waals surface area contributed by atoms with Crippen molar-refractivity contribution in [3.05, 3.63) is 36.0 Å². The lowest BCUT2D eigenvalue weighted by Crippen LogP contribution is -2.42. The van der Waals surface area contributed by atoms with Crippen molar-refractivity contribution in [3.63, 3.8) is 0 Å². The van der Waals surface area contributed by atoms with Crippen LogP contribution >= 0.6 is 11.8 Å². The van der Waals surface area contributed by atoms with E-state index in [4.69, 9.17) is 4.74 Å². The first-order valence-corrected chi connectivity index (χ1v) is 13.3. The van der Waals surface area contributed by atoms with Gasteiger partial charge in [0.2, 0.25) is 0 Å². The molecular weight excluding hydrogens is 439 g/mol. The number of fused-ring (bicyclic) bond motifs is 1. The Morgan fingerprint density at radius 2 is 2.18 bits per heavy atom. The summed E-state index contributed by atoms with van der Waals surface area (Å²) in [6.45, 7) is 5.01. The number of alkyl halides is 1. The molecule has 33 heavy (non-hydrogen) atoms. The summed E-state index contributed by atoms with van der Waals surface area (Å²) in [6, 6.07) is 7.28. The van der Waals surface area contributed by atoms with Crippen molar-refractivity contribution < 1.29 is 19.0 Å². The molecule has 2 heterocycles. The second-order valence-electron chi connectivity index (χ2n) is 9.00. The van der Waals surface area contributed by atoms with Gasteiger partial charge in [0.05, 0.1) is 12.6 Å². The number of aromatic nitrogens is 1. The number of methoxy groups -OCH3 is 1. The van der Waals surface area contributed by atoms with Gasteiger partial charge in [-0.2, -0.15) is 11.8 Å². The highest BCUT2D eigenvalue weighted by Crippen LogP contribution is 2.36. The summed E-state index contributed by atoms with van der Waals surface area (Å²) >= 11 is 1.99. The predicted molar refractivity (Wildman–Crippen MR) is 134 cm³/mol. The largest absolute Gasteiger partial charge is 0.497 e. The van der Waals surface area contributed by atoms with Crippen molar-refractivity contribution in [2.45, 2.75) is 51.6 Å². The summed E-state index contributed by atoms with van der Waals surface area (Å²) in [5, 5.41) is 10.2. The molecule has 1 fully saturated rings. The van der Waals surface area contributed by atoms with Gasteiger partial charge in [-0.1, -0.05) is 6.92 Å². The van der Waals surface area contributed by atoms with Crippen LogP contribution in [0, 0.1) is 11.8 Å². The fourth-order valence-electron chi connectivity index (χ4n) is 4.89. The maximum absolute atomic E-state index is 15.4. The molecule has 3 rings (SSSR count). The van der Waals surface area contributed by atoms with Crippen molar-refractivity contribution in [1.82, 2.24) is 9.88 Å². The van der Waals surface area contributed by atoms with Crippen LogP contribution in [0.15, 0.2) is 30.5 Å². The molecule has 0 radical (unpaired) electrons. The number of carboxylic acid groups (broad SMARTS) is 1. The van der Waals surface area contributed by atoms with Crippen molar-refractivity contribution in [3.8, 4) is 5.75 Å². The van der Waals surface area contributed by atoms with Gasteiger partial charge in [0, 0.05) is 24.5 Å². The minimum atomic E-state index is -1.11. The lowest BCUT2D eigenvalue weighted by molar-refractivity contribution is -0.139. The van der Waals surface area contributed by atoms with Gasteiger partial charge in [-0.05, 0) is 98.4 Å². The molecule has 0 bridgehead atoms. The normalized spacial score (nSPS) is 20.1. The van der Waals surface area contributed by atoms with E-state index in [9.17, 15) is 9.90 Å². The van der Waals surface area contributed by atoms with Crippen LogP contribution < -0.4 is 4.74 Å². The molecular formula is C26H37FN2O3S. The Morgan fingerprint density at radius 3 is 2.94 bits per heavy atom.